The van der Waals surface area contributed by atoms with Gasteiger partial charge in [-0.25, -0.2) is 9.97 Å². The lowest BCUT2D eigenvalue weighted by Crippen LogP contribution is -2.12. The van der Waals surface area contributed by atoms with E-state index in [-0.39, 0.29) is 0 Å². The van der Waals surface area contributed by atoms with Crippen molar-refractivity contribution in [2.45, 2.75) is 19.3 Å². The molecule has 0 fully saturated rings. The maximum atomic E-state index is 11.0. The minimum Gasteiger partial charge on any atom is -0.481 e. The van der Waals surface area contributed by atoms with Gasteiger partial charge in [-0.15, -0.1) is 11.3 Å². The van der Waals surface area contributed by atoms with Crippen molar-refractivity contribution in [2.24, 2.45) is 0 Å². The van der Waals surface area contributed by atoms with E-state index in [1.807, 2.05) is 18.4 Å². The van der Waals surface area contributed by atoms with E-state index in [0.29, 0.717) is 12.1 Å². The molecule has 0 bridgehead atoms. The van der Waals surface area contributed by atoms with Crippen molar-refractivity contribution in [3.05, 3.63) is 23.5 Å². The van der Waals surface area contributed by atoms with Crippen LogP contribution in [0.2, 0.25) is 0 Å². The lowest BCUT2D eigenvalue weighted by molar-refractivity contribution is -0.138. The van der Waals surface area contributed by atoms with Gasteiger partial charge in [0, 0.05) is 0 Å². The van der Waals surface area contributed by atoms with E-state index in [9.17, 15) is 4.79 Å². The molecule has 0 amide bonds. The van der Waals surface area contributed by atoms with E-state index in [1.165, 1.54) is 17.7 Å². The zero-order valence-corrected chi connectivity index (χ0v) is 8.99. The van der Waals surface area contributed by atoms with E-state index in [2.05, 4.69) is 9.97 Å². The van der Waals surface area contributed by atoms with Gasteiger partial charge < -0.3 is 5.11 Å². The SMILES string of the molecule is CCC(C(=O)O)c1ncnc2ccsc12. The molecule has 4 nitrogen and oxygen atoms in total. The number of aromatic nitrogens is 2. The zero-order valence-electron chi connectivity index (χ0n) is 8.17. The van der Waals surface area contributed by atoms with E-state index in [1.54, 1.807) is 0 Å². The minimum absolute atomic E-state index is 0.533. The molecule has 0 aliphatic carbocycles. The third-order valence-electron chi connectivity index (χ3n) is 2.31. The predicted octanol–water partition coefficient (Wildman–Crippen LogP) is 2.27. The second kappa shape index (κ2) is 3.94. The first-order valence-corrected chi connectivity index (χ1v) is 5.53. The molecular formula is C10H10N2O2S. The standard InChI is InChI=1S/C10H10N2O2S/c1-2-6(10(13)14)8-9-7(3-4-15-9)11-5-12-8/h3-6H,2H2,1H3,(H,13,14). The van der Waals surface area contributed by atoms with Gasteiger partial charge in [-0.3, -0.25) is 4.79 Å². The van der Waals surface area contributed by atoms with Gasteiger partial charge >= 0.3 is 5.97 Å². The van der Waals surface area contributed by atoms with Crippen LogP contribution in [0.4, 0.5) is 0 Å². The number of rotatable bonds is 3. The Morgan fingerprint density at radius 2 is 2.40 bits per heavy atom. The molecule has 2 aromatic rings. The number of aliphatic carboxylic acids is 1. The van der Waals surface area contributed by atoms with Crippen molar-refractivity contribution >= 4 is 27.5 Å². The molecule has 2 rings (SSSR count). The lowest BCUT2D eigenvalue weighted by atomic mass is 10.0. The number of carboxylic acids is 1. The third kappa shape index (κ3) is 1.70. The maximum absolute atomic E-state index is 11.0. The van der Waals surface area contributed by atoms with Gasteiger partial charge in [0.15, 0.2) is 0 Å². The third-order valence-corrected chi connectivity index (χ3v) is 3.23. The van der Waals surface area contributed by atoms with Gasteiger partial charge in [0.1, 0.15) is 12.2 Å². The average molecular weight is 222 g/mol. The molecule has 1 unspecified atom stereocenters. The predicted molar refractivity (Wildman–Crippen MR) is 58.1 cm³/mol. The van der Waals surface area contributed by atoms with Gasteiger partial charge in [0.2, 0.25) is 0 Å². The fourth-order valence-electron chi connectivity index (χ4n) is 1.54. The topological polar surface area (TPSA) is 63.1 Å². The van der Waals surface area contributed by atoms with Crippen LogP contribution in [0.5, 0.6) is 0 Å². The normalized spacial score (nSPS) is 12.9. The summed E-state index contributed by atoms with van der Waals surface area (Å²) in [5.74, 6) is -1.36. The average Bonchev–Trinajstić information content (AvgIpc) is 2.66. The summed E-state index contributed by atoms with van der Waals surface area (Å²) in [7, 11) is 0. The summed E-state index contributed by atoms with van der Waals surface area (Å²) in [4.78, 5) is 19.2. The summed E-state index contributed by atoms with van der Waals surface area (Å²) in [6.07, 6.45) is 1.97. The summed E-state index contributed by atoms with van der Waals surface area (Å²) >= 11 is 1.49. The van der Waals surface area contributed by atoms with Crippen molar-refractivity contribution in [1.82, 2.24) is 9.97 Å². The van der Waals surface area contributed by atoms with Gasteiger partial charge in [0.25, 0.3) is 0 Å². The Morgan fingerprint density at radius 3 is 3.07 bits per heavy atom. The van der Waals surface area contributed by atoms with Crippen LogP contribution in [-0.4, -0.2) is 21.0 Å². The van der Waals surface area contributed by atoms with E-state index < -0.39 is 11.9 Å². The molecule has 15 heavy (non-hydrogen) atoms. The molecule has 2 aromatic heterocycles. The van der Waals surface area contributed by atoms with Crippen LogP contribution in [0.15, 0.2) is 17.8 Å². The number of hydrogen-bond acceptors (Lipinski definition) is 4. The highest BCUT2D eigenvalue weighted by Crippen LogP contribution is 2.28. The van der Waals surface area contributed by atoms with Crippen molar-refractivity contribution < 1.29 is 9.90 Å². The number of fused-ring (bicyclic) bond motifs is 1. The van der Waals surface area contributed by atoms with Crippen LogP contribution in [0.3, 0.4) is 0 Å². The van der Waals surface area contributed by atoms with Crippen molar-refractivity contribution in [1.29, 1.82) is 0 Å². The van der Waals surface area contributed by atoms with Crippen LogP contribution < -0.4 is 0 Å². The van der Waals surface area contributed by atoms with E-state index in [4.69, 9.17) is 5.11 Å². The first-order chi connectivity index (χ1) is 7.24. The number of carbonyl (C=O) groups is 1. The Bertz CT molecular complexity index is 495. The van der Waals surface area contributed by atoms with Crippen LogP contribution in [0.25, 0.3) is 10.2 Å². The first kappa shape index (κ1) is 10.0. The Kier molecular flexibility index (Phi) is 2.64. The van der Waals surface area contributed by atoms with Gasteiger partial charge in [-0.05, 0) is 17.9 Å². The zero-order chi connectivity index (χ0) is 10.8. The molecule has 0 aliphatic heterocycles. The highest BCUT2D eigenvalue weighted by Gasteiger charge is 2.22. The summed E-state index contributed by atoms with van der Waals surface area (Å²) in [6, 6.07) is 1.87. The molecule has 0 aliphatic rings. The summed E-state index contributed by atoms with van der Waals surface area (Å²) in [5, 5.41) is 11.0. The van der Waals surface area contributed by atoms with Crippen molar-refractivity contribution in [2.75, 3.05) is 0 Å². The highest BCUT2D eigenvalue weighted by molar-refractivity contribution is 7.17. The second-order valence-electron chi connectivity index (χ2n) is 3.19. The van der Waals surface area contributed by atoms with E-state index in [0.717, 1.165) is 10.2 Å². The molecule has 0 saturated carbocycles. The molecule has 78 valence electrons. The number of thiophene rings is 1. The Labute approximate surface area is 90.6 Å². The second-order valence-corrected chi connectivity index (χ2v) is 4.11. The van der Waals surface area contributed by atoms with Gasteiger partial charge in [-0.1, -0.05) is 6.92 Å². The van der Waals surface area contributed by atoms with Crippen LogP contribution in [0, 0.1) is 0 Å². The smallest absolute Gasteiger partial charge is 0.312 e. The summed E-state index contributed by atoms with van der Waals surface area (Å²) < 4.78 is 0.881. The quantitative estimate of drug-likeness (QED) is 0.865. The summed E-state index contributed by atoms with van der Waals surface area (Å²) in [6.45, 7) is 1.85. The highest BCUT2D eigenvalue weighted by atomic mass is 32.1. The Balaban J connectivity index is 2.59. The van der Waals surface area contributed by atoms with Crippen LogP contribution in [-0.2, 0) is 4.79 Å². The Morgan fingerprint density at radius 1 is 1.60 bits per heavy atom. The molecular weight excluding hydrogens is 212 g/mol. The molecule has 0 saturated heterocycles. The molecule has 0 aromatic carbocycles. The maximum Gasteiger partial charge on any atom is 0.312 e. The lowest BCUT2D eigenvalue weighted by Gasteiger charge is -2.08. The number of carboxylic acid groups (broad SMARTS) is 1. The fourth-order valence-corrected chi connectivity index (χ4v) is 2.43. The number of nitrogens with zero attached hydrogens (tertiary/aromatic N) is 2. The van der Waals surface area contributed by atoms with Crippen LogP contribution in [0.1, 0.15) is 25.0 Å². The first-order valence-electron chi connectivity index (χ1n) is 4.65. The van der Waals surface area contributed by atoms with Crippen LogP contribution >= 0.6 is 11.3 Å². The van der Waals surface area contributed by atoms with Crippen molar-refractivity contribution in [3.8, 4) is 0 Å². The fraction of sp³-hybridized carbons (Fsp3) is 0.300. The van der Waals surface area contributed by atoms with Gasteiger partial charge in [-0.2, -0.15) is 0 Å². The number of hydrogen-bond donors (Lipinski definition) is 1. The molecule has 5 heteroatoms. The van der Waals surface area contributed by atoms with Gasteiger partial charge in [0.05, 0.1) is 15.9 Å². The Hall–Kier alpha value is -1.49. The van der Waals surface area contributed by atoms with Crippen molar-refractivity contribution in [3.63, 3.8) is 0 Å². The largest absolute Gasteiger partial charge is 0.481 e. The molecule has 2 heterocycles. The monoisotopic (exact) mass is 222 g/mol. The molecule has 0 spiro atoms. The minimum atomic E-state index is -0.828. The molecule has 1 atom stereocenters. The summed E-state index contributed by atoms with van der Waals surface area (Å²) in [5.41, 5.74) is 1.45. The molecule has 1 N–H and O–H groups in total. The van der Waals surface area contributed by atoms with E-state index >= 15 is 0 Å². The molecule has 0 radical (unpaired) electrons.